The van der Waals surface area contributed by atoms with Gasteiger partial charge in [0.15, 0.2) is 6.61 Å². The normalized spacial score (nSPS) is 14.1. The fraction of sp³-hybridized carbons (Fsp3) is 0.522. The molecule has 7 nitrogen and oxygen atoms in total. The van der Waals surface area contributed by atoms with Crippen LogP contribution in [-0.4, -0.2) is 43.3 Å². The molecule has 30 heavy (non-hydrogen) atoms. The minimum atomic E-state index is -0.802. The number of aromatic nitrogens is 1. The van der Waals surface area contributed by atoms with E-state index < -0.39 is 12.6 Å². The minimum absolute atomic E-state index is 0.137. The zero-order valence-corrected chi connectivity index (χ0v) is 18.1. The number of hydrogen-bond acceptors (Lipinski definition) is 5. The zero-order chi connectivity index (χ0) is 21.9. The Hall–Kier alpha value is -2.85. The smallest absolute Gasteiger partial charge is 0.349 e. The molecule has 0 aromatic carbocycles. The molecule has 2 rings (SSSR count). The summed E-state index contributed by atoms with van der Waals surface area (Å²) < 4.78 is 12.2. The zero-order valence-electron chi connectivity index (χ0n) is 18.1. The maximum absolute atomic E-state index is 12.3. The summed E-state index contributed by atoms with van der Waals surface area (Å²) in [5, 5.41) is 12.1. The van der Waals surface area contributed by atoms with Crippen molar-refractivity contribution in [3.63, 3.8) is 0 Å². The number of methoxy groups -OCH3 is 1. The van der Waals surface area contributed by atoms with Crippen molar-refractivity contribution in [2.75, 3.05) is 26.9 Å². The molecule has 0 fully saturated rings. The first-order chi connectivity index (χ1) is 14.5. The quantitative estimate of drug-likeness (QED) is 0.275. The van der Waals surface area contributed by atoms with Gasteiger partial charge in [0.25, 0.3) is 5.91 Å². The van der Waals surface area contributed by atoms with Gasteiger partial charge in [-0.25, -0.2) is 4.79 Å². The molecule has 1 aromatic rings. The predicted molar refractivity (Wildman–Crippen MR) is 115 cm³/mol. The fourth-order valence-corrected chi connectivity index (χ4v) is 3.55. The van der Waals surface area contributed by atoms with Crippen molar-refractivity contribution >= 4 is 18.0 Å². The van der Waals surface area contributed by atoms with Crippen LogP contribution >= 0.6 is 0 Å². The molecule has 0 unspecified atom stereocenters. The lowest BCUT2D eigenvalue weighted by molar-refractivity contribution is -0.144. The van der Waals surface area contributed by atoms with E-state index in [9.17, 15) is 14.9 Å². The van der Waals surface area contributed by atoms with Crippen LogP contribution in [0.2, 0.25) is 0 Å². The summed E-state index contributed by atoms with van der Waals surface area (Å²) in [7, 11) is 1.64. The Morgan fingerprint density at radius 1 is 1.33 bits per heavy atom. The van der Waals surface area contributed by atoms with Crippen LogP contribution in [0.1, 0.15) is 49.1 Å². The number of nitrogens with zero attached hydrogens (tertiary/aromatic N) is 2. The van der Waals surface area contributed by atoms with Gasteiger partial charge in [0.05, 0.1) is 6.61 Å². The van der Waals surface area contributed by atoms with Crippen LogP contribution in [0.4, 0.5) is 0 Å². The van der Waals surface area contributed by atoms with E-state index in [0.717, 1.165) is 36.2 Å². The minimum Gasteiger partial charge on any atom is -0.451 e. The molecule has 1 N–H and O–H groups in total. The molecule has 0 bridgehead atoms. The van der Waals surface area contributed by atoms with Crippen LogP contribution in [0, 0.1) is 25.2 Å². The molecule has 1 aliphatic rings. The van der Waals surface area contributed by atoms with Crippen molar-refractivity contribution in [1.82, 2.24) is 9.88 Å². The van der Waals surface area contributed by atoms with Crippen LogP contribution < -0.4 is 5.32 Å². The van der Waals surface area contributed by atoms with Gasteiger partial charge < -0.3 is 19.4 Å². The molecule has 1 aromatic heterocycles. The van der Waals surface area contributed by atoms with E-state index in [1.165, 1.54) is 24.5 Å². The molecular weight excluding hydrogens is 382 g/mol. The Balaban J connectivity index is 1.87. The second kappa shape index (κ2) is 12.0. The first-order valence-corrected chi connectivity index (χ1v) is 10.4. The van der Waals surface area contributed by atoms with Crippen molar-refractivity contribution in [1.29, 1.82) is 5.26 Å². The van der Waals surface area contributed by atoms with Crippen LogP contribution in [0.5, 0.6) is 0 Å². The number of rotatable bonds is 10. The summed E-state index contributed by atoms with van der Waals surface area (Å²) in [6, 6.07) is 3.78. The highest BCUT2D eigenvalue weighted by atomic mass is 16.5. The second-order valence-corrected chi connectivity index (χ2v) is 7.42. The van der Waals surface area contributed by atoms with E-state index in [1.807, 2.05) is 26.0 Å². The van der Waals surface area contributed by atoms with Crippen LogP contribution in [0.25, 0.3) is 6.08 Å². The summed E-state index contributed by atoms with van der Waals surface area (Å²) in [4.78, 5) is 24.2. The molecule has 0 saturated carbocycles. The molecule has 162 valence electrons. The van der Waals surface area contributed by atoms with E-state index >= 15 is 0 Å². The highest BCUT2D eigenvalue weighted by Gasteiger charge is 2.15. The Kier molecular flexibility index (Phi) is 9.36. The monoisotopic (exact) mass is 413 g/mol. The Bertz CT molecular complexity index is 859. The number of hydrogen-bond donors (Lipinski definition) is 1. The topological polar surface area (TPSA) is 93.3 Å². The Morgan fingerprint density at radius 2 is 2.13 bits per heavy atom. The van der Waals surface area contributed by atoms with Crippen LogP contribution in [0.3, 0.4) is 0 Å². The maximum Gasteiger partial charge on any atom is 0.349 e. The van der Waals surface area contributed by atoms with E-state index in [2.05, 4.69) is 16.0 Å². The third kappa shape index (κ3) is 6.89. The summed E-state index contributed by atoms with van der Waals surface area (Å²) in [6.45, 7) is 5.26. The number of aryl methyl sites for hydroxylation is 1. The average Bonchev–Trinajstić information content (AvgIpc) is 3.01. The van der Waals surface area contributed by atoms with Crippen molar-refractivity contribution < 1.29 is 19.1 Å². The molecule has 7 heteroatoms. The SMILES string of the molecule is COCCn1c(C)cc(/C=C(\C#N)C(=O)OCC(=O)NCCC2=CCCCC2)c1C. The van der Waals surface area contributed by atoms with Gasteiger partial charge in [-0.05, 0) is 63.7 Å². The third-order valence-corrected chi connectivity index (χ3v) is 5.26. The first-order valence-electron chi connectivity index (χ1n) is 10.4. The second-order valence-electron chi connectivity index (χ2n) is 7.42. The van der Waals surface area contributed by atoms with E-state index in [0.29, 0.717) is 19.7 Å². The molecule has 0 aliphatic heterocycles. The molecule has 0 spiro atoms. The Morgan fingerprint density at radius 3 is 2.80 bits per heavy atom. The molecular formula is C23H31N3O4. The highest BCUT2D eigenvalue weighted by molar-refractivity contribution is 5.99. The largest absolute Gasteiger partial charge is 0.451 e. The lowest BCUT2D eigenvalue weighted by Crippen LogP contribution is -2.30. The van der Waals surface area contributed by atoms with Gasteiger partial charge in [0.1, 0.15) is 11.6 Å². The van der Waals surface area contributed by atoms with Crippen molar-refractivity contribution in [3.05, 3.63) is 40.2 Å². The number of amides is 1. The first kappa shape index (κ1) is 23.4. The van der Waals surface area contributed by atoms with Gasteiger partial charge in [-0.1, -0.05) is 11.6 Å². The maximum atomic E-state index is 12.3. The van der Waals surface area contributed by atoms with Gasteiger partial charge in [-0.15, -0.1) is 0 Å². The number of allylic oxidation sites excluding steroid dienone is 1. The van der Waals surface area contributed by atoms with Gasteiger partial charge in [0.2, 0.25) is 0 Å². The molecule has 1 aliphatic carbocycles. The fourth-order valence-electron chi connectivity index (χ4n) is 3.55. The summed E-state index contributed by atoms with van der Waals surface area (Å²) >= 11 is 0. The van der Waals surface area contributed by atoms with Gasteiger partial charge in [0, 0.05) is 31.6 Å². The van der Waals surface area contributed by atoms with Gasteiger partial charge >= 0.3 is 5.97 Å². The Labute approximate surface area is 178 Å². The number of carbonyl (C=O) groups is 2. The van der Waals surface area contributed by atoms with E-state index in [1.54, 1.807) is 7.11 Å². The number of nitrogens with one attached hydrogen (secondary N) is 1. The molecule has 1 heterocycles. The number of ether oxygens (including phenoxy) is 2. The number of esters is 1. The highest BCUT2D eigenvalue weighted by Crippen LogP contribution is 2.20. The lowest BCUT2D eigenvalue weighted by atomic mass is 9.97. The van der Waals surface area contributed by atoms with Gasteiger partial charge in [-0.3, -0.25) is 4.79 Å². The average molecular weight is 414 g/mol. The predicted octanol–water partition coefficient (Wildman–Crippen LogP) is 3.21. The van der Waals surface area contributed by atoms with E-state index in [4.69, 9.17) is 9.47 Å². The van der Waals surface area contributed by atoms with Crippen molar-refractivity contribution in [3.8, 4) is 6.07 Å². The van der Waals surface area contributed by atoms with Gasteiger partial charge in [-0.2, -0.15) is 5.26 Å². The van der Waals surface area contributed by atoms with Crippen LogP contribution in [-0.2, 0) is 25.6 Å². The lowest BCUT2D eigenvalue weighted by Gasteiger charge is -2.13. The molecule has 0 radical (unpaired) electrons. The third-order valence-electron chi connectivity index (χ3n) is 5.26. The standard InChI is InChI=1S/C23H31N3O4/c1-17-13-20(18(2)26(17)11-12-29-3)14-21(15-24)23(28)30-16-22(27)25-10-9-19-7-5-4-6-8-19/h7,13-14H,4-6,8-12,16H2,1-3H3,(H,25,27)/b21-14+. The summed E-state index contributed by atoms with van der Waals surface area (Å²) in [6.07, 6.45) is 9.20. The van der Waals surface area contributed by atoms with Crippen molar-refractivity contribution in [2.45, 2.75) is 52.5 Å². The number of nitriles is 1. The summed E-state index contributed by atoms with van der Waals surface area (Å²) in [5.74, 6) is -1.17. The molecule has 0 saturated heterocycles. The summed E-state index contributed by atoms with van der Waals surface area (Å²) in [5.41, 5.74) is 3.94. The van der Waals surface area contributed by atoms with Crippen LogP contribution in [0.15, 0.2) is 23.3 Å². The van der Waals surface area contributed by atoms with Crippen molar-refractivity contribution in [2.24, 2.45) is 0 Å². The molecule has 0 atom stereocenters. The number of carbonyl (C=O) groups excluding carboxylic acids is 2. The molecule has 1 amide bonds. The van der Waals surface area contributed by atoms with E-state index in [-0.39, 0.29) is 11.5 Å².